The molecule has 0 spiro atoms. The van der Waals surface area contributed by atoms with Crippen molar-refractivity contribution in [1.82, 2.24) is 9.97 Å². The number of nitrogens with one attached hydrogen (secondary N) is 1. The molecule has 0 aliphatic heterocycles. The number of hydrogen-bond donors (Lipinski definition) is 1. The second-order valence-corrected chi connectivity index (χ2v) is 5.88. The van der Waals surface area contributed by atoms with Gasteiger partial charge in [-0.2, -0.15) is 0 Å². The Morgan fingerprint density at radius 3 is 2.26 bits per heavy atom. The normalized spacial score (nSPS) is 10.7. The number of carbonyl (C=O) groups is 2. The van der Waals surface area contributed by atoms with Crippen molar-refractivity contribution in [3.05, 3.63) is 65.0 Å². The van der Waals surface area contributed by atoms with E-state index in [0.29, 0.717) is 17.1 Å². The van der Waals surface area contributed by atoms with Gasteiger partial charge in [0.1, 0.15) is 11.6 Å². The topological polar surface area (TPSA) is 81.2 Å². The van der Waals surface area contributed by atoms with Gasteiger partial charge in [0, 0.05) is 11.8 Å². The van der Waals surface area contributed by atoms with Crippen LogP contribution in [0.1, 0.15) is 21.7 Å². The zero-order chi connectivity index (χ0) is 19.6. The number of esters is 1. The van der Waals surface area contributed by atoms with Gasteiger partial charge in [0.15, 0.2) is 6.61 Å². The van der Waals surface area contributed by atoms with Crippen LogP contribution < -0.4 is 5.32 Å². The zero-order valence-electron chi connectivity index (χ0n) is 14.5. The highest BCUT2D eigenvalue weighted by Crippen LogP contribution is 2.16. The van der Waals surface area contributed by atoms with Crippen molar-refractivity contribution in [2.24, 2.45) is 0 Å². The fourth-order valence-corrected chi connectivity index (χ4v) is 2.40. The molecule has 27 heavy (non-hydrogen) atoms. The Bertz CT molecular complexity index is 1030. The summed E-state index contributed by atoms with van der Waals surface area (Å²) in [5, 5.41) is 2.26. The minimum atomic E-state index is -0.829. The van der Waals surface area contributed by atoms with Crippen LogP contribution >= 0.6 is 0 Å². The molecule has 138 valence electrons. The van der Waals surface area contributed by atoms with Crippen LogP contribution in [0.4, 0.5) is 14.5 Å². The first-order valence-electron chi connectivity index (χ1n) is 8.00. The van der Waals surface area contributed by atoms with Gasteiger partial charge < -0.3 is 10.1 Å². The van der Waals surface area contributed by atoms with Crippen LogP contribution in [0.3, 0.4) is 0 Å². The monoisotopic (exact) mass is 371 g/mol. The number of aryl methyl sites for hydroxylation is 2. The second kappa shape index (κ2) is 7.45. The summed E-state index contributed by atoms with van der Waals surface area (Å²) in [5.74, 6) is -3.10. The number of aromatic nitrogens is 2. The number of hydrogen-bond acceptors (Lipinski definition) is 5. The lowest BCUT2D eigenvalue weighted by Gasteiger charge is -2.08. The summed E-state index contributed by atoms with van der Waals surface area (Å²) in [6.07, 6.45) is 0. The lowest BCUT2D eigenvalue weighted by atomic mass is 10.2. The molecule has 1 amide bonds. The Kier molecular flexibility index (Phi) is 5.07. The first kappa shape index (κ1) is 18.4. The van der Waals surface area contributed by atoms with Crippen LogP contribution in [0.15, 0.2) is 36.4 Å². The average molecular weight is 371 g/mol. The van der Waals surface area contributed by atoms with Crippen molar-refractivity contribution in [2.75, 3.05) is 11.9 Å². The maximum Gasteiger partial charge on any atom is 0.338 e. The lowest BCUT2D eigenvalue weighted by Crippen LogP contribution is -2.21. The van der Waals surface area contributed by atoms with Gasteiger partial charge >= 0.3 is 5.97 Å². The van der Waals surface area contributed by atoms with E-state index in [2.05, 4.69) is 15.3 Å². The molecule has 2 aromatic carbocycles. The first-order valence-corrected chi connectivity index (χ1v) is 8.00. The Balaban J connectivity index is 1.65. The van der Waals surface area contributed by atoms with Crippen LogP contribution in [-0.2, 0) is 9.53 Å². The fraction of sp³-hybridized carbons (Fsp3) is 0.158. The summed E-state index contributed by atoms with van der Waals surface area (Å²) in [6.45, 7) is 3.05. The number of nitrogens with zero attached hydrogens (tertiary/aromatic N) is 2. The van der Waals surface area contributed by atoms with Crippen molar-refractivity contribution in [1.29, 1.82) is 0 Å². The molecule has 1 aromatic heterocycles. The molecule has 0 aliphatic carbocycles. The molecule has 0 atom stereocenters. The quantitative estimate of drug-likeness (QED) is 0.712. The van der Waals surface area contributed by atoms with E-state index in [1.807, 2.05) is 13.8 Å². The SMILES string of the molecule is Cc1nc2ccc(C(=O)OCC(=O)Nc3cc(F)cc(F)c3)cc2nc1C. The molecule has 1 heterocycles. The van der Waals surface area contributed by atoms with Crippen LogP contribution in [0, 0.1) is 25.5 Å². The van der Waals surface area contributed by atoms with Crippen molar-refractivity contribution in [3.8, 4) is 0 Å². The standard InChI is InChI=1S/C19H15F2N3O3/c1-10-11(2)23-17-5-12(3-4-16(17)22-10)19(26)27-9-18(25)24-15-7-13(20)6-14(21)8-15/h3-8H,9H2,1-2H3,(H,24,25). The van der Waals surface area contributed by atoms with E-state index in [1.165, 1.54) is 12.1 Å². The van der Waals surface area contributed by atoms with Gasteiger partial charge in [0.05, 0.1) is 28.0 Å². The molecule has 0 fully saturated rings. The molecule has 0 bridgehead atoms. The van der Waals surface area contributed by atoms with Crippen molar-refractivity contribution in [2.45, 2.75) is 13.8 Å². The van der Waals surface area contributed by atoms with Gasteiger partial charge in [-0.1, -0.05) is 0 Å². The van der Waals surface area contributed by atoms with Crippen LogP contribution in [0.2, 0.25) is 0 Å². The molecule has 0 unspecified atom stereocenters. The smallest absolute Gasteiger partial charge is 0.338 e. The van der Waals surface area contributed by atoms with Crippen molar-refractivity contribution >= 4 is 28.6 Å². The van der Waals surface area contributed by atoms with E-state index in [4.69, 9.17) is 4.74 Å². The summed E-state index contributed by atoms with van der Waals surface area (Å²) in [4.78, 5) is 32.7. The van der Waals surface area contributed by atoms with Gasteiger partial charge in [0.25, 0.3) is 5.91 Å². The van der Waals surface area contributed by atoms with E-state index in [0.717, 1.165) is 23.5 Å². The molecular weight excluding hydrogens is 356 g/mol. The number of amides is 1. The lowest BCUT2D eigenvalue weighted by molar-refractivity contribution is -0.119. The summed E-state index contributed by atoms with van der Waals surface area (Å²) >= 11 is 0. The maximum atomic E-state index is 13.1. The number of fused-ring (bicyclic) bond motifs is 1. The van der Waals surface area contributed by atoms with Crippen LogP contribution in [0.25, 0.3) is 11.0 Å². The minimum absolute atomic E-state index is 0.0691. The van der Waals surface area contributed by atoms with Crippen LogP contribution in [-0.4, -0.2) is 28.5 Å². The van der Waals surface area contributed by atoms with Crippen molar-refractivity contribution < 1.29 is 23.1 Å². The van der Waals surface area contributed by atoms with E-state index in [-0.39, 0.29) is 11.3 Å². The summed E-state index contributed by atoms with van der Waals surface area (Å²) in [5.41, 5.74) is 2.86. The maximum absolute atomic E-state index is 13.1. The summed E-state index contributed by atoms with van der Waals surface area (Å²) in [7, 11) is 0. The van der Waals surface area contributed by atoms with E-state index in [1.54, 1.807) is 6.07 Å². The molecule has 6 nitrogen and oxygen atoms in total. The molecule has 0 saturated heterocycles. The van der Waals surface area contributed by atoms with Gasteiger partial charge in [0.2, 0.25) is 0 Å². The zero-order valence-corrected chi connectivity index (χ0v) is 14.5. The number of ether oxygens (including phenoxy) is 1. The van der Waals surface area contributed by atoms with Gasteiger partial charge in [-0.15, -0.1) is 0 Å². The first-order chi connectivity index (χ1) is 12.8. The average Bonchev–Trinajstić information content (AvgIpc) is 2.59. The Morgan fingerprint density at radius 2 is 1.59 bits per heavy atom. The second-order valence-electron chi connectivity index (χ2n) is 5.88. The highest BCUT2D eigenvalue weighted by Gasteiger charge is 2.13. The number of anilines is 1. The summed E-state index contributed by atoms with van der Waals surface area (Å²) < 4.78 is 31.2. The molecular formula is C19H15F2N3O3. The molecule has 0 aliphatic rings. The minimum Gasteiger partial charge on any atom is -0.452 e. The number of rotatable bonds is 4. The number of benzene rings is 2. The Morgan fingerprint density at radius 1 is 0.963 bits per heavy atom. The molecule has 8 heteroatoms. The van der Waals surface area contributed by atoms with Gasteiger partial charge in [-0.25, -0.2) is 23.5 Å². The third-order valence-electron chi connectivity index (χ3n) is 3.79. The largest absolute Gasteiger partial charge is 0.452 e. The number of halogens is 2. The third-order valence-corrected chi connectivity index (χ3v) is 3.79. The molecule has 0 saturated carbocycles. The highest BCUT2D eigenvalue weighted by atomic mass is 19.1. The van der Waals surface area contributed by atoms with Gasteiger partial charge in [-0.3, -0.25) is 4.79 Å². The fourth-order valence-electron chi connectivity index (χ4n) is 2.40. The van der Waals surface area contributed by atoms with E-state index >= 15 is 0 Å². The number of carbonyl (C=O) groups excluding carboxylic acids is 2. The predicted octanol–water partition coefficient (Wildman–Crippen LogP) is 3.32. The molecule has 3 rings (SSSR count). The molecule has 3 aromatic rings. The Labute approximate surface area is 153 Å². The predicted molar refractivity (Wildman–Crippen MR) is 94.3 cm³/mol. The molecule has 0 radical (unpaired) electrons. The highest BCUT2D eigenvalue weighted by molar-refractivity contribution is 5.97. The molecule has 1 N–H and O–H groups in total. The van der Waals surface area contributed by atoms with Gasteiger partial charge in [-0.05, 0) is 44.2 Å². The van der Waals surface area contributed by atoms with E-state index in [9.17, 15) is 18.4 Å². The van der Waals surface area contributed by atoms with Crippen LogP contribution in [0.5, 0.6) is 0 Å². The third kappa shape index (κ3) is 4.41. The Hall–Kier alpha value is -3.42. The van der Waals surface area contributed by atoms with E-state index < -0.39 is 30.1 Å². The summed E-state index contributed by atoms with van der Waals surface area (Å²) in [6, 6.07) is 7.28. The van der Waals surface area contributed by atoms with Crippen molar-refractivity contribution in [3.63, 3.8) is 0 Å².